The Morgan fingerprint density at radius 1 is 1.35 bits per heavy atom. The first kappa shape index (κ1) is 11.7. The molecule has 2 aliphatic rings. The molecule has 0 amide bonds. The van der Waals surface area contributed by atoms with Gasteiger partial charge in [0.25, 0.3) is 0 Å². The van der Waals surface area contributed by atoms with Gasteiger partial charge in [-0.15, -0.1) is 11.3 Å². The summed E-state index contributed by atoms with van der Waals surface area (Å²) in [5, 5.41) is 3.79. The zero-order chi connectivity index (χ0) is 11.8. The summed E-state index contributed by atoms with van der Waals surface area (Å²) in [4.78, 5) is 5.57. The first-order valence-corrected chi connectivity index (χ1v) is 7.60. The van der Waals surface area contributed by atoms with Gasteiger partial charge in [0.05, 0.1) is 0 Å². The van der Waals surface area contributed by atoms with Gasteiger partial charge in [0.1, 0.15) is 0 Å². The monoisotopic (exact) mass is 250 g/mol. The molecule has 1 saturated heterocycles. The van der Waals surface area contributed by atoms with Gasteiger partial charge in [-0.3, -0.25) is 4.90 Å². The van der Waals surface area contributed by atoms with Crippen LogP contribution in [0.1, 0.15) is 42.0 Å². The van der Waals surface area contributed by atoms with Crippen molar-refractivity contribution >= 4 is 11.3 Å². The van der Waals surface area contributed by atoms with Gasteiger partial charge in [-0.25, -0.2) is 0 Å². The van der Waals surface area contributed by atoms with Crippen molar-refractivity contribution in [2.24, 2.45) is 0 Å². The summed E-state index contributed by atoms with van der Waals surface area (Å²) < 4.78 is 0. The molecule has 1 aliphatic heterocycles. The van der Waals surface area contributed by atoms with Crippen LogP contribution < -0.4 is 5.32 Å². The predicted molar refractivity (Wildman–Crippen MR) is 73.6 cm³/mol. The van der Waals surface area contributed by atoms with Crippen LogP contribution in [0, 0.1) is 6.92 Å². The third-order valence-corrected chi connectivity index (χ3v) is 5.14. The molecule has 94 valence electrons. The van der Waals surface area contributed by atoms with Crippen LogP contribution in [-0.2, 0) is 0 Å². The molecule has 1 saturated carbocycles. The molecule has 2 fully saturated rings. The lowest BCUT2D eigenvalue weighted by Crippen LogP contribution is -2.34. The van der Waals surface area contributed by atoms with E-state index in [0.717, 1.165) is 6.04 Å². The highest BCUT2D eigenvalue weighted by Gasteiger charge is 2.34. The Morgan fingerprint density at radius 2 is 2.18 bits per heavy atom. The van der Waals surface area contributed by atoms with Crippen molar-refractivity contribution in [1.82, 2.24) is 10.2 Å². The maximum atomic E-state index is 3.79. The molecule has 2 unspecified atom stereocenters. The van der Waals surface area contributed by atoms with Gasteiger partial charge in [-0.05, 0) is 45.2 Å². The second-order valence-corrected chi connectivity index (χ2v) is 6.87. The van der Waals surface area contributed by atoms with Gasteiger partial charge >= 0.3 is 0 Å². The predicted octanol–water partition coefficient (Wildman–Crippen LogP) is 2.94. The van der Waals surface area contributed by atoms with Crippen molar-refractivity contribution < 1.29 is 0 Å². The Balaban J connectivity index is 1.53. The van der Waals surface area contributed by atoms with E-state index < -0.39 is 0 Å². The normalized spacial score (nSPS) is 27.5. The first-order valence-electron chi connectivity index (χ1n) is 6.79. The molecule has 2 nitrogen and oxygen atoms in total. The minimum Gasteiger partial charge on any atom is -0.305 e. The van der Waals surface area contributed by atoms with E-state index in [1.807, 2.05) is 11.3 Å². The largest absolute Gasteiger partial charge is 0.305 e. The van der Waals surface area contributed by atoms with Gasteiger partial charge in [-0.1, -0.05) is 0 Å². The molecule has 1 aromatic rings. The van der Waals surface area contributed by atoms with E-state index in [-0.39, 0.29) is 0 Å². The van der Waals surface area contributed by atoms with Crippen LogP contribution in [0.2, 0.25) is 0 Å². The number of nitrogens with zero attached hydrogens (tertiary/aromatic N) is 1. The smallest absolute Gasteiger partial charge is 0.0388 e. The topological polar surface area (TPSA) is 15.3 Å². The number of likely N-dealkylation sites (tertiary alicyclic amines) is 1. The minimum absolute atomic E-state index is 0.512. The van der Waals surface area contributed by atoms with Gasteiger partial charge in [0.2, 0.25) is 0 Å². The molecule has 0 aromatic carbocycles. The maximum Gasteiger partial charge on any atom is 0.0388 e. The summed E-state index contributed by atoms with van der Waals surface area (Å²) in [5.41, 5.74) is 0. The molecular formula is C14H22N2S. The average molecular weight is 250 g/mol. The van der Waals surface area contributed by atoms with Crippen molar-refractivity contribution in [2.75, 3.05) is 13.1 Å². The highest BCUT2D eigenvalue weighted by Crippen LogP contribution is 2.30. The maximum absolute atomic E-state index is 3.79. The van der Waals surface area contributed by atoms with Crippen molar-refractivity contribution in [3.8, 4) is 0 Å². The minimum atomic E-state index is 0.512. The highest BCUT2D eigenvalue weighted by molar-refractivity contribution is 7.12. The third kappa shape index (κ3) is 2.72. The summed E-state index contributed by atoms with van der Waals surface area (Å²) in [7, 11) is 0. The van der Waals surface area contributed by atoms with E-state index in [0.29, 0.717) is 12.1 Å². The fourth-order valence-electron chi connectivity index (χ4n) is 2.82. The SMILES string of the molecule is Cc1ccc(C(C)NC2CCN(C3CC3)C2)s1. The molecule has 2 heterocycles. The first-order chi connectivity index (χ1) is 8.22. The molecule has 17 heavy (non-hydrogen) atoms. The van der Waals surface area contributed by atoms with Crippen LogP contribution in [0.5, 0.6) is 0 Å². The molecule has 0 bridgehead atoms. The van der Waals surface area contributed by atoms with Gasteiger partial charge in [0, 0.05) is 41.0 Å². The standard InChI is InChI=1S/C14H22N2S/c1-10-3-6-14(17-10)11(2)15-12-7-8-16(9-12)13-4-5-13/h3,6,11-13,15H,4-5,7-9H2,1-2H3. The van der Waals surface area contributed by atoms with Crippen molar-refractivity contribution in [1.29, 1.82) is 0 Å². The fraction of sp³-hybridized carbons (Fsp3) is 0.714. The van der Waals surface area contributed by atoms with E-state index >= 15 is 0 Å². The van der Waals surface area contributed by atoms with E-state index in [2.05, 4.69) is 36.2 Å². The Labute approximate surface area is 108 Å². The molecule has 3 heteroatoms. The zero-order valence-corrected chi connectivity index (χ0v) is 11.6. The summed E-state index contributed by atoms with van der Waals surface area (Å²) in [5.74, 6) is 0. The Bertz CT molecular complexity index is 383. The number of hydrogen-bond donors (Lipinski definition) is 1. The van der Waals surface area contributed by atoms with Crippen LogP contribution in [0.15, 0.2) is 12.1 Å². The number of aryl methyl sites for hydroxylation is 1. The Hall–Kier alpha value is -0.380. The lowest BCUT2D eigenvalue weighted by atomic mass is 10.2. The van der Waals surface area contributed by atoms with E-state index in [9.17, 15) is 0 Å². The second kappa shape index (κ2) is 4.71. The van der Waals surface area contributed by atoms with Crippen molar-refractivity contribution in [3.63, 3.8) is 0 Å². The van der Waals surface area contributed by atoms with Gasteiger partial charge in [-0.2, -0.15) is 0 Å². The fourth-order valence-corrected chi connectivity index (χ4v) is 3.71. The van der Waals surface area contributed by atoms with E-state index in [4.69, 9.17) is 0 Å². The molecule has 1 aromatic heterocycles. The number of thiophene rings is 1. The van der Waals surface area contributed by atoms with Crippen LogP contribution in [-0.4, -0.2) is 30.1 Å². The number of hydrogen-bond acceptors (Lipinski definition) is 3. The lowest BCUT2D eigenvalue weighted by Gasteiger charge is -2.19. The zero-order valence-electron chi connectivity index (χ0n) is 10.8. The lowest BCUT2D eigenvalue weighted by molar-refractivity contribution is 0.314. The molecule has 1 aliphatic carbocycles. The highest BCUT2D eigenvalue weighted by atomic mass is 32.1. The summed E-state index contributed by atoms with van der Waals surface area (Å²) >= 11 is 1.92. The Kier molecular flexibility index (Phi) is 3.24. The van der Waals surface area contributed by atoms with Crippen LogP contribution in [0.4, 0.5) is 0 Å². The summed E-state index contributed by atoms with van der Waals surface area (Å²) in [6.45, 7) is 7.05. The van der Waals surface area contributed by atoms with Crippen molar-refractivity contribution in [3.05, 3.63) is 21.9 Å². The molecule has 3 rings (SSSR count). The third-order valence-electron chi connectivity index (χ3n) is 3.96. The molecule has 1 N–H and O–H groups in total. The molecule has 0 radical (unpaired) electrons. The van der Waals surface area contributed by atoms with Gasteiger partial charge < -0.3 is 5.32 Å². The number of nitrogens with one attached hydrogen (secondary N) is 1. The van der Waals surface area contributed by atoms with Crippen LogP contribution in [0.25, 0.3) is 0 Å². The second-order valence-electron chi connectivity index (χ2n) is 5.55. The number of rotatable bonds is 4. The molecule has 0 spiro atoms. The summed E-state index contributed by atoms with van der Waals surface area (Å²) in [6, 6.07) is 6.64. The van der Waals surface area contributed by atoms with Crippen LogP contribution in [0.3, 0.4) is 0 Å². The summed E-state index contributed by atoms with van der Waals surface area (Å²) in [6.07, 6.45) is 4.20. The average Bonchev–Trinajstić information content (AvgIpc) is 2.90. The van der Waals surface area contributed by atoms with Crippen LogP contribution >= 0.6 is 11.3 Å². The quantitative estimate of drug-likeness (QED) is 0.884. The molecule has 2 atom stereocenters. The van der Waals surface area contributed by atoms with E-state index in [1.165, 1.54) is 42.1 Å². The van der Waals surface area contributed by atoms with E-state index in [1.54, 1.807) is 0 Å². The Morgan fingerprint density at radius 3 is 2.82 bits per heavy atom. The molecular weight excluding hydrogens is 228 g/mol. The van der Waals surface area contributed by atoms with Gasteiger partial charge in [0.15, 0.2) is 0 Å². The van der Waals surface area contributed by atoms with Crippen molar-refractivity contribution in [2.45, 2.75) is 51.2 Å².